The largest absolute Gasteiger partial charge is 0.464 e. The number of methoxy groups -OCH3 is 1. The van der Waals surface area contributed by atoms with Crippen LogP contribution in [0, 0.1) is 0 Å². The fourth-order valence-electron chi connectivity index (χ4n) is 1.59. The minimum Gasteiger partial charge on any atom is -0.464 e. The maximum Gasteiger partial charge on any atom is 0.360 e. The molecule has 0 saturated carbocycles. The number of nitrogens with two attached hydrogens (primary N) is 1. The lowest BCUT2D eigenvalue weighted by Gasteiger charge is -2.03. The Hall–Kier alpha value is -2.96. The second-order valence-corrected chi connectivity index (χ2v) is 4.80. The van der Waals surface area contributed by atoms with E-state index >= 15 is 0 Å². The van der Waals surface area contributed by atoms with E-state index in [1.54, 1.807) is 0 Å². The monoisotopic (exact) mass is 323 g/mol. The SMILES string of the molecule is COC(=O)c1nnn(-c2nonc2N)c1CSc1ncn[nH]1. The van der Waals surface area contributed by atoms with Crippen molar-refractivity contribution in [2.75, 3.05) is 12.8 Å². The molecule has 0 atom stereocenters. The quantitative estimate of drug-likeness (QED) is 0.456. The molecule has 3 aromatic rings. The number of nitrogens with zero attached hydrogens (tertiary/aromatic N) is 7. The zero-order valence-electron chi connectivity index (χ0n) is 11.1. The van der Waals surface area contributed by atoms with Gasteiger partial charge in [0.05, 0.1) is 12.8 Å². The Morgan fingerprint density at radius 1 is 1.55 bits per heavy atom. The maximum atomic E-state index is 11.8. The molecule has 0 aliphatic heterocycles. The zero-order chi connectivity index (χ0) is 15.5. The zero-order valence-corrected chi connectivity index (χ0v) is 11.9. The summed E-state index contributed by atoms with van der Waals surface area (Å²) in [6.07, 6.45) is 1.37. The highest BCUT2D eigenvalue weighted by atomic mass is 32.2. The summed E-state index contributed by atoms with van der Waals surface area (Å²) in [6.45, 7) is 0. The van der Waals surface area contributed by atoms with Gasteiger partial charge in [0.25, 0.3) is 0 Å². The molecule has 3 aromatic heterocycles. The summed E-state index contributed by atoms with van der Waals surface area (Å²) in [5, 5.41) is 21.8. The molecule has 0 bridgehead atoms. The normalized spacial score (nSPS) is 10.8. The summed E-state index contributed by atoms with van der Waals surface area (Å²) >= 11 is 1.29. The molecule has 0 fully saturated rings. The first-order chi connectivity index (χ1) is 10.7. The van der Waals surface area contributed by atoms with E-state index in [9.17, 15) is 4.79 Å². The topological polar surface area (TPSA) is 164 Å². The maximum absolute atomic E-state index is 11.8. The first-order valence-electron chi connectivity index (χ1n) is 5.80. The summed E-state index contributed by atoms with van der Waals surface area (Å²) < 4.78 is 10.5. The van der Waals surface area contributed by atoms with Crippen LogP contribution in [0.4, 0.5) is 5.82 Å². The second kappa shape index (κ2) is 5.80. The number of hydrogen-bond acceptors (Lipinski definition) is 11. The molecule has 0 spiro atoms. The van der Waals surface area contributed by atoms with Gasteiger partial charge in [-0.2, -0.15) is 9.78 Å². The Bertz CT molecular complexity index is 780. The van der Waals surface area contributed by atoms with E-state index in [1.807, 2.05) is 0 Å². The number of carbonyl (C=O) groups is 1. The van der Waals surface area contributed by atoms with Crippen molar-refractivity contribution < 1.29 is 14.2 Å². The molecule has 3 heterocycles. The lowest BCUT2D eigenvalue weighted by atomic mass is 10.3. The lowest BCUT2D eigenvalue weighted by molar-refractivity contribution is 0.0593. The fraction of sp³-hybridized carbons (Fsp3) is 0.222. The van der Waals surface area contributed by atoms with Crippen LogP contribution >= 0.6 is 11.8 Å². The number of rotatable bonds is 5. The molecule has 114 valence electrons. The number of hydrogen-bond donors (Lipinski definition) is 2. The van der Waals surface area contributed by atoms with E-state index in [0.29, 0.717) is 16.6 Å². The predicted molar refractivity (Wildman–Crippen MR) is 70.9 cm³/mol. The number of anilines is 1. The second-order valence-electron chi connectivity index (χ2n) is 3.84. The van der Waals surface area contributed by atoms with Gasteiger partial charge in [0.2, 0.25) is 11.6 Å². The number of ether oxygens (including phenoxy) is 1. The van der Waals surface area contributed by atoms with Gasteiger partial charge in [0, 0.05) is 5.75 Å². The number of nitrogen functional groups attached to an aromatic ring is 1. The molecule has 0 aromatic carbocycles. The molecule has 22 heavy (non-hydrogen) atoms. The summed E-state index contributed by atoms with van der Waals surface area (Å²) in [4.78, 5) is 15.8. The molecule has 0 amide bonds. The first-order valence-corrected chi connectivity index (χ1v) is 6.78. The molecule has 13 heteroatoms. The average Bonchev–Trinajstić information content (AvgIpc) is 3.24. The van der Waals surface area contributed by atoms with E-state index < -0.39 is 5.97 Å². The van der Waals surface area contributed by atoms with E-state index in [0.717, 1.165) is 0 Å². The van der Waals surface area contributed by atoms with Crippen LogP contribution in [0.2, 0.25) is 0 Å². The number of nitrogens with one attached hydrogen (secondary N) is 1. The van der Waals surface area contributed by atoms with Gasteiger partial charge in [0.15, 0.2) is 10.9 Å². The van der Waals surface area contributed by atoms with Crippen LogP contribution in [0.1, 0.15) is 16.2 Å². The smallest absolute Gasteiger partial charge is 0.360 e. The van der Waals surface area contributed by atoms with Crippen molar-refractivity contribution in [3.8, 4) is 5.82 Å². The number of thioether (sulfide) groups is 1. The molecule has 0 aliphatic rings. The van der Waals surface area contributed by atoms with Crippen LogP contribution in [-0.2, 0) is 10.5 Å². The Morgan fingerprint density at radius 3 is 3.05 bits per heavy atom. The molecular weight excluding hydrogens is 314 g/mol. The van der Waals surface area contributed by atoms with Crippen molar-refractivity contribution in [1.82, 2.24) is 40.5 Å². The van der Waals surface area contributed by atoms with E-state index in [4.69, 9.17) is 5.73 Å². The van der Waals surface area contributed by atoms with Crippen molar-refractivity contribution in [1.29, 1.82) is 0 Å². The van der Waals surface area contributed by atoms with Crippen LogP contribution in [0.5, 0.6) is 0 Å². The van der Waals surface area contributed by atoms with E-state index in [1.165, 1.54) is 29.9 Å². The van der Waals surface area contributed by atoms with Gasteiger partial charge in [-0.3, -0.25) is 5.10 Å². The molecule has 0 aliphatic carbocycles. The number of aromatic amines is 1. The molecule has 3 rings (SSSR count). The van der Waals surface area contributed by atoms with Gasteiger partial charge in [-0.1, -0.05) is 17.0 Å². The Kier molecular flexibility index (Phi) is 3.69. The van der Waals surface area contributed by atoms with Crippen LogP contribution in [0.3, 0.4) is 0 Å². The van der Waals surface area contributed by atoms with Gasteiger partial charge in [0.1, 0.15) is 6.33 Å². The van der Waals surface area contributed by atoms with Crippen LogP contribution in [-0.4, -0.2) is 53.6 Å². The van der Waals surface area contributed by atoms with Crippen molar-refractivity contribution in [3.63, 3.8) is 0 Å². The van der Waals surface area contributed by atoms with E-state index in [2.05, 4.69) is 45.2 Å². The molecule has 3 N–H and O–H groups in total. The summed E-state index contributed by atoms with van der Waals surface area (Å²) in [5.41, 5.74) is 6.09. The molecule has 0 saturated heterocycles. The van der Waals surface area contributed by atoms with Crippen molar-refractivity contribution >= 4 is 23.5 Å². The average molecular weight is 323 g/mol. The molecule has 0 radical (unpaired) electrons. The van der Waals surface area contributed by atoms with Crippen molar-refractivity contribution in [2.24, 2.45) is 0 Å². The molecule has 0 unspecified atom stereocenters. The predicted octanol–water partition coefficient (Wildman–Crippen LogP) is -0.571. The summed E-state index contributed by atoms with van der Waals surface area (Å²) in [7, 11) is 1.25. The Morgan fingerprint density at radius 2 is 2.41 bits per heavy atom. The van der Waals surface area contributed by atoms with Crippen LogP contribution in [0.15, 0.2) is 16.1 Å². The molecular formula is C9H9N9O3S. The lowest BCUT2D eigenvalue weighted by Crippen LogP contribution is -2.09. The highest BCUT2D eigenvalue weighted by Gasteiger charge is 2.24. The van der Waals surface area contributed by atoms with Gasteiger partial charge < -0.3 is 10.5 Å². The van der Waals surface area contributed by atoms with Gasteiger partial charge in [-0.25, -0.2) is 14.4 Å². The Balaban J connectivity index is 1.98. The van der Waals surface area contributed by atoms with Gasteiger partial charge >= 0.3 is 5.97 Å². The third-order valence-electron chi connectivity index (χ3n) is 2.58. The van der Waals surface area contributed by atoms with E-state index in [-0.39, 0.29) is 17.3 Å². The van der Waals surface area contributed by atoms with Crippen molar-refractivity contribution in [3.05, 3.63) is 17.7 Å². The number of aromatic nitrogens is 8. The van der Waals surface area contributed by atoms with Gasteiger partial charge in [-0.15, -0.1) is 5.10 Å². The highest BCUT2D eigenvalue weighted by molar-refractivity contribution is 7.98. The fourth-order valence-corrected chi connectivity index (χ4v) is 2.37. The minimum absolute atomic E-state index is 0.0206. The Labute approximate surface area is 126 Å². The summed E-state index contributed by atoms with van der Waals surface area (Å²) in [6, 6.07) is 0. The standard InChI is InChI=1S/C9H9N9O3S/c1-20-8(19)5-4(2-22-9-11-3-12-14-9)18(17-13-5)7-6(10)15-21-16-7/h3H,2H2,1H3,(H2,10,15)(H,11,12,14). The minimum atomic E-state index is -0.630. The number of esters is 1. The number of H-pyrrole nitrogens is 1. The third kappa shape index (κ3) is 2.48. The van der Waals surface area contributed by atoms with Gasteiger partial charge in [-0.05, 0) is 10.3 Å². The van der Waals surface area contributed by atoms with Crippen LogP contribution < -0.4 is 5.73 Å². The van der Waals surface area contributed by atoms with Crippen molar-refractivity contribution in [2.45, 2.75) is 10.9 Å². The number of carbonyl (C=O) groups excluding carboxylic acids is 1. The molecule has 12 nitrogen and oxygen atoms in total. The third-order valence-corrected chi connectivity index (χ3v) is 3.46. The highest BCUT2D eigenvalue weighted by Crippen LogP contribution is 2.23. The summed E-state index contributed by atoms with van der Waals surface area (Å²) in [5.74, 6) is -0.184. The van der Waals surface area contributed by atoms with Crippen LogP contribution in [0.25, 0.3) is 5.82 Å². The first kappa shape index (κ1) is 14.0.